The zero-order valence-corrected chi connectivity index (χ0v) is 17.1. The number of amides is 1. The van der Waals surface area contributed by atoms with E-state index < -0.39 is 24.3 Å². The summed E-state index contributed by atoms with van der Waals surface area (Å²) in [5.41, 5.74) is 1.86. The van der Waals surface area contributed by atoms with Gasteiger partial charge in [-0.05, 0) is 47.2 Å². The van der Waals surface area contributed by atoms with Crippen LogP contribution in [-0.4, -0.2) is 24.8 Å². The van der Waals surface area contributed by atoms with Crippen molar-refractivity contribution in [3.63, 3.8) is 0 Å². The molecule has 0 aliphatic rings. The summed E-state index contributed by atoms with van der Waals surface area (Å²) >= 11 is 1.15. The highest BCUT2D eigenvalue weighted by molar-refractivity contribution is 7.12. The molecule has 1 heterocycles. The van der Waals surface area contributed by atoms with Crippen molar-refractivity contribution in [3.8, 4) is 16.9 Å². The Kier molecular flexibility index (Phi) is 6.96. The van der Waals surface area contributed by atoms with Crippen molar-refractivity contribution < 1.29 is 32.2 Å². The van der Waals surface area contributed by atoms with Crippen LogP contribution in [0.4, 0.5) is 13.2 Å². The van der Waals surface area contributed by atoms with Crippen LogP contribution in [0.3, 0.4) is 0 Å². The van der Waals surface area contributed by atoms with Crippen molar-refractivity contribution in [3.05, 3.63) is 76.5 Å². The molecule has 0 aliphatic heterocycles. The maximum Gasteiger partial charge on any atom is 0.573 e. The lowest BCUT2D eigenvalue weighted by molar-refractivity contribution is -0.274. The maximum atomic E-state index is 12.7. The number of carbonyl (C=O) groups excluding carboxylic acids is 2. The van der Waals surface area contributed by atoms with Crippen LogP contribution in [0.15, 0.2) is 66.0 Å². The minimum Gasteiger partial charge on any atom is -0.464 e. The van der Waals surface area contributed by atoms with Crippen molar-refractivity contribution in [2.75, 3.05) is 6.61 Å². The van der Waals surface area contributed by atoms with Gasteiger partial charge in [0.1, 0.15) is 5.75 Å². The Balaban J connectivity index is 1.75. The van der Waals surface area contributed by atoms with E-state index in [4.69, 9.17) is 4.74 Å². The molecule has 3 aromatic rings. The molecular weight excluding hydrogens is 431 g/mol. The molecule has 1 atom stereocenters. The van der Waals surface area contributed by atoms with E-state index >= 15 is 0 Å². The lowest BCUT2D eigenvalue weighted by Crippen LogP contribution is -2.34. The fraction of sp³-hybridized carbons (Fsp3) is 0.182. The van der Waals surface area contributed by atoms with Gasteiger partial charge in [0.25, 0.3) is 5.91 Å². The van der Waals surface area contributed by atoms with Crippen LogP contribution in [0.1, 0.15) is 28.2 Å². The quantitative estimate of drug-likeness (QED) is 0.494. The zero-order chi connectivity index (χ0) is 22.4. The third-order valence-electron chi connectivity index (χ3n) is 4.18. The van der Waals surface area contributed by atoms with Crippen LogP contribution in [0, 0.1) is 0 Å². The van der Waals surface area contributed by atoms with Crippen molar-refractivity contribution >= 4 is 23.2 Å². The van der Waals surface area contributed by atoms with Crippen LogP contribution >= 0.6 is 11.3 Å². The molecule has 0 unspecified atom stereocenters. The second-order valence-corrected chi connectivity index (χ2v) is 7.25. The number of benzene rings is 2. The summed E-state index contributed by atoms with van der Waals surface area (Å²) in [4.78, 5) is 25.4. The molecule has 1 N–H and O–H groups in total. The molecular formula is C22H18F3NO4S. The van der Waals surface area contributed by atoms with E-state index in [9.17, 15) is 22.8 Å². The highest BCUT2D eigenvalue weighted by atomic mass is 32.1. The second kappa shape index (κ2) is 9.65. The SMILES string of the molecule is CCOC(=O)[C@H](NC(=O)c1cc(-c2ccc(OC(F)(F)F)cc2)cs1)c1ccccc1. The molecule has 3 rings (SSSR count). The smallest absolute Gasteiger partial charge is 0.464 e. The first kappa shape index (κ1) is 22.4. The van der Waals surface area contributed by atoms with Gasteiger partial charge in [-0.2, -0.15) is 0 Å². The average molecular weight is 449 g/mol. The van der Waals surface area contributed by atoms with E-state index in [0.29, 0.717) is 21.6 Å². The summed E-state index contributed by atoms with van der Waals surface area (Å²) in [6, 6.07) is 14.7. The number of thiophene rings is 1. The van der Waals surface area contributed by atoms with Gasteiger partial charge in [-0.3, -0.25) is 4.79 Å². The Morgan fingerprint density at radius 2 is 1.71 bits per heavy atom. The van der Waals surface area contributed by atoms with Gasteiger partial charge in [0.2, 0.25) is 0 Å². The third kappa shape index (κ3) is 6.08. The Hall–Kier alpha value is -3.33. The van der Waals surface area contributed by atoms with E-state index in [2.05, 4.69) is 10.1 Å². The Morgan fingerprint density at radius 3 is 2.32 bits per heavy atom. The highest BCUT2D eigenvalue weighted by Gasteiger charge is 2.31. The molecule has 0 radical (unpaired) electrons. The van der Waals surface area contributed by atoms with E-state index in [1.165, 1.54) is 24.3 Å². The Morgan fingerprint density at radius 1 is 1.03 bits per heavy atom. The number of alkyl halides is 3. The van der Waals surface area contributed by atoms with Crippen molar-refractivity contribution in [1.29, 1.82) is 0 Å². The topological polar surface area (TPSA) is 64.6 Å². The first-order valence-electron chi connectivity index (χ1n) is 9.24. The Bertz CT molecular complexity index is 1030. The fourth-order valence-corrected chi connectivity index (χ4v) is 3.63. The number of hydrogen-bond donors (Lipinski definition) is 1. The molecule has 0 bridgehead atoms. The lowest BCUT2D eigenvalue weighted by Gasteiger charge is -2.17. The summed E-state index contributed by atoms with van der Waals surface area (Å²) in [6.07, 6.45) is -4.76. The molecule has 0 fully saturated rings. The van der Waals surface area contributed by atoms with Gasteiger partial charge >= 0.3 is 12.3 Å². The number of ether oxygens (including phenoxy) is 2. The summed E-state index contributed by atoms with van der Waals surface area (Å²) in [7, 11) is 0. The van der Waals surface area contributed by atoms with Gasteiger partial charge in [0.15, 0.2) is 6.04 Å². The van der Waals surface area contributed by atoms with E-state index in [1.54, 1.807) is 48.7 Å². The summed E-state index contributed by atoms with van der Waals surface area (Å²) in [5.74, 6) is -1.36. The predicted molar refractivity (Wildman–Crippen MR) is 110 cm³/mol. The second-order valence-electron chi connectivity index (χ2n) is 6.34. The monoisotopic (exact) mass is 449 g/mol. The van der Waals surface area contributed by atoms with Gasteiger partial charge in [-0.15, -0.1) is 24.5 Å². The molecule has 31 heavy (non-hydrogen) atoms. The first-order chi connectivity index (χ1) is 14.8. The fourth-order valence-electron chi connectivity index (χ4n) is 2.81. The van der Waals surface area contributed by atoms with Crippen molar-refractivity contribution in [2.45, 2.75) is 19.3 Å². The number of nitrogens with one attached hydrogen (secondary N) is 1. The van der Waals surface area contributed by atoms with E-state index in [-0.39, 0.29) is 12.4 Å². The standard InChI is InChI=1S/C22H18F3NO4S/c1-2-29-21(28)19(15-6-4-3-5-7-15)26-20(27)18-12-16(13-31-18)14-8-10-17(11-9-14)30-22(23,24)25/h3-13,19H,2H2,1H3,(H,26,27)/t19-/m1/s1. The van der Waals surface area contributed by atoms with Crippen LogP contribution in [0.25, 0.3) is 11.1 Å². The van der Waals surface area contributed by atoms with Crippen LogP contribution in [-0.2, 0) is 9.53 Å². The molecule has 0 spiro atoms. The molecule has 0 aliphatic carbocycles. The first-order valence-corrected chi connectivity index (χ1v) is 10.1. The van der Waals surface area contributed by atoms with E-state index in [1.807, 2.05) is 0 Å². The number of carbonyl (C=O) groups is 2. The van der Waals surface area contributed by atoms with Crippen LogP contribution < -0.4 is 10.1 Å². The van der Waals surface area contributed by atoms with Crippen molar-refractivity contribution in [2.24, 2.45) is 0 Å². The summed E-state index contributed by atoms with van der Waals surface area (Å²) in [6.45, 7) is 1.85. The van der Waals surface area contributed by atoms with Gasteiger partial charge in [-0.1, -0.05) is 42.5 Å². The van der Waals surface area contributed by atoms with E-state index in [0.717, 1.165) is 11.3 Å². The largest absolute Gasteiger partial charge is 0.573 e. The van der Waals surface area contributed by atoms with Gasteiger partial charge in [0.05, 0.1) is 11.5 Å². The third-order valence-corrected chi connectivity index (χ3v) is 5.10. The Labute approximate surface area is 180 Å². The van der Waals surface area contributed by atoms with Gasteiger partial charge in [0, 0.05) is 0 Å². The molecule has 0 saturated heterocycles. The number of esters is 1. The summed E-state index contributed by atoms with van der Waals surface area (Å²) < 4.78 is 45.8. The lowest BCUT2D eigenvalue weighted by atomic mass is 10.1. The minimum absolute atomic E-state index is 0.176. The van der Waals surface area contributed by atoms with Gasteiger partial charge < -0.3 is 14.8 Å². The van der Waals surface area contributed by atoms with Crippen molar-refractivity contribution in [1.82, 2.24) is 5.32 Å². The van der Waals surface area contributed by atoms with Crippen LogP contribution in [0.2, 0.25) is 0 Å². The predicted octanol–water partition coefficient (Wildman–Crippen LogP) is 5.35. The zero-order valence-electron chi connectivity index (χ0n) is 16.3. The summed E-state index contributed by atoms with van der Waals surface area (Å²) in [5, 5.41) is 4.39. The normalized spacial score (nSPS) is 12.1. The maximum absolute atomic E-state index is 12.7. The number of hydrogen-bond acceptors (Lipinski definition) is 5. The molecule has 5 nitrogen and oxygen atoms in total. The molecule has 1 amide bonds. The number of halogens is 3. The molecule has 2 aromatic carbocycles. The average Bonchev–Trinajstić information content (AvgIpc) is 3.22. The molecule has 0 saturated carbocycles. The molecule has 9 heteroatoms. The molecule has 162 valence electrons. The number of rotatable bonds is 7. The highest BCUT2D eigenvalue weighted by Crippen LogP contribution is 2.29. The molecule has 1 aromatic heterocycles. The van der Waals surface area contributed by atoms with Gasteiger partial charge in [-0.25, -0.2) is 4.79 Å². The van der Waals surface area contributed by atoms with Crippen LogP contribution in [0.5, 0.6) is 5.75 Å². The minimum atomic E-state index is -4.76.